The van der Waals surface area contributed by atoms with Crippen LogP contribution in [-0.2, 0) is 30.0 Å². The lowest BCUT2D eigenvalue weighted by Gasteiger charge is -2.41. The number of sulfonamides is 1. The number of benzene rings is 2. The average molecular weight is 730 g/mol. The highest BCUT2D eigenvalue weighted by Crippen LogP contribution is 2.52. The second kappa shape index (κ2) is 14.6. The van der Waals surface area contributed by atoms with Gasteiger partial charge in [0.1, 0.15) is 16.4 Å². The van der Waals surface area contributed by atoms with E-state index in [1.165, 1.54) is 74.0 Å². The van der Waals surface area contributed by atoms with Gasteiger partial charge in [0.25, 0.3) is 21.5 Å². The number of ether oxygens (including phenoxy) is 4. The monoisotopic (exact) mass is 729 g/mol. The van der Waals surface area contributed by atoms with Crippen molar-refractivity contribution in [2.45, 2.75) is 36.3 Å². The molecule has 50 heavy (non-hydrogen) atoms. The molecule has 0 saturated carbocycles. The minimum absolute atomic E-state index is 0.0150. The van der Waals surface area contributed by atoms with Gasteiger partial charge in [0.2, 0.25) is 5.88 Å². The Morgan fingerprint density at radius 1 is 0.980 bits per heavy atom. The molecule has 4 heterocycles. The van der Waals surface area contributed by atoms with Gasteiger partial charge < -0.3 is 28.7 Å². The van der Waals surface area contributed by atoms with Crippen LogP contribution in [0.3, 0.4) is 0 Å². The van der Waals surface area contributed by atoms with Crippen molar-refractivity contribution >= 4 is 39.4 Å². The number of amides is 1. The van der Waals surface area contributed by atoms with E-state index in [1.54, 1.807) is 6.92 Å². The highest BCUT2D eigenvalue weighted by molar-refractivity contribution is 7.93. The second-order valence-electron chi connectivity index (χ2n) is 12.2. The topological polar surface area (TPSA) is 140 Å². The minimum Gasteiger partial charge on any atom is -0.497 e. The Balaban J connectivity index is 1.38. The number of hydrogen-bond acceptors (Lipinski definition) is 13. The molecule has 2 saturated heterocycles. The third-order valence-corrected chi connectivity index (χ3v) is 11.3. The number of nitrogens with zero attached hydrogens (tertiary/aromatic N) is 5. The molecule has 3 aliphatic heterocycles. The van der Waals surface area contributed by atoms with Gasteiger partial charge in [-0.25, -0.2) is 18.2 Å². The number of hydrogen-bond donors (Lipinski definition) is 0. The van der Waals surface area contributed by atoms with Crippen LogP contribution in [0, 0.1) is 0 Å². The van der Waals surface area contributed by atoms with Crippen molar-refractivity contribution in [1.29, 1.82) is 0 Å². The standard InChI is InChI=1S/C34H40ClN5O9S/c1-5-47-31-26(7-6-14-36-31)34(48-33(42)49-39-19-17-38(18-20-39)24-12-15-37(2)16-13-24)27-21-23(35)8-10-28(27)40(32(34)41)50(43,44)30-11-9-25(45-3)22-29(30)46-4/h6-11,14,21-22,24H,5,12-13,15-20H2,1-4H3. The summed E-state index contributed by atoms with van der Waals surface area (Å²) in [6, 6.07) is 11.7. The lowest BCUT2D eigenvalue weighted by atomic mass is 9.87. The molecule has 14 nitrogen and oxygen atoms in total. The third-order valence-electron chi connectivity index (χ3n) is 9.28. The number of fused-ring (bicyclic) bond motifs is 1. The van der Waals surface area contributed by atoms with Crippen LogP contribution in [0.4, 0.5) is 10.5 Å². The summed E-state index contributed by atoms with van der Waals surface area (Å²) in [6.45, 7) is 6.12. The molecule has 1 amide bonds. The first-order chi connectivity index (χ1) is 24.0. The number of anilines is 1. The van der Waals surface area contributed by atoms with E-state index in [0.717, 1.165) is 25.9 Å². The van der Waals surface area contributed by atoms with Gasteiger partial charge in [-0.15, -0.1) is 5.06 Å². The fraction of sp³-hybridized carbons (Fsp3) is 0.441. The Labute approximate surface area is 296 Å². The Morgan fingerprint density at radius 2 is 1.72 bits per heavy atom. The summed E-state index contributed by atoms with van der Waals surface area (Å²) in [4.78, 5) is 43.2. The zero-order valence-electron chi connectivity index (χ0n) is 28.3. The molecular weight excluding hydrogens is 690 g/mol. The largest absolute Gasteiger partial charge is 0.529 e. The molecule has 0 N–H and O–H groups in total. The molecule has 6 rings (SSSR count). The quantitative estimate of drug-likeness (QED) is 0.279. The maximum atomic E-state index is 15.0. The zero-order valence-corrected chi connectivity index (χ0v) is 29.9. The first-order valence-corrected chi connectivity index (χ1v) is 18.1. The minimum atomic E-state index is -4.72. The van der Waals surface area contributed by atoms with E-state index in [0.29, 0.717) is 42.3 Å². The number of piperazine rings is 1. The summed E-state index contributed by atoms with van der Waals surface area (Å²) in [5, 5.41) is 1.65. The number of methoxy groups -OCH3 is 2. The van der Waals surface area contributed by atoms with Gasteiger partial charge in [0.05, 0.1) is 32.1 Å². The van der Waals surface area contributed by atoms with Gasteiger partial charge in [-0.1, -0.05) is 11.6 Å². The van der Waals surface area contributed by atoms with Crippen molar-refractivity contribution in [2.24, 2.45) is 0 Å². The van der Waals surface area contributed by atoms with Crippen LogP contribution in [0.25, 0.3) is 0 Å². The Hall–Kier alpha value is -4.15. The van der Waals surface area contributed by atoms with E-state index in [-0.39, 0.29) is 45.0 Å². The molecular formula is C34H40ClN5O9S. The van der Waals surface area contributed by atoms with Crippen LogP contribution in [0.15, 0.2) is 59.6 Å². The molecule has 3 aromatic rings. The van der Waals surface area contributed by atoms with E-state index in [4.69, 9.17) is 35.4 Å². The van der Waals surface area contributed by atoms with Crippen molar-refractivity contribution in [3.63, 3.8) is 0 Å². The first-order valence-electron chi connectivity index (χ1n) is 16.3. The average Bonchev–Trinajstić information content (AvgIpc) is 3.36. The van der Waals surface area contributed by atoms with Crippen LogP contribution in [0.1, 0.15) is 30.9 Å². The molecule has 1 aromatic heterocycles. The lowest BCUT2D eigenvalue weighted by Crippen LogP contribution is -2.53. The number of rotatable bonds is 10. The Kier molecular flexibility index (Phi) is 10.4. The van der Waals surface area contributed by atoms with Crippen LogP contribution < -0.4 is 18.5 Å². The van der Waals surface area contributed by atoms with E-state index < -0.39 is 27.7 Å². The Morgan fingerprint density at radius 3 is 2.40 bits per heavy atom. The summed E-state index contributed by atoms with van der Waals surface area (Å²) in [5.74, 6) is -0.910. The Bertz CT molecular complexity index is 1850. The molecule has 268 valence electrons. The van der Waals surface area contributed by atoms with E-state index >= 15 is 0 Å². The van der Waals surface area contributed by atoms with Crippen LogP contribution in [0.2, 0.25) is 5.02 Å². The van der Waals surface area contributed by atoms with Crippen LogP contribution >= 0.6 is 11.6 Å². The molecule has 0 spiro atoms. The summed E-state index contributed by atoms with van der Waals surface area (Å²) >= 11 is 6.48. The number of carbonyl (C=O) groups excluding carboxylic acids is 2. The molecule has 16 heteroatoms. The fourth-order valence-corrected chi connectivity index (χ4v) is 8.52. The van der Waals surface area contributed by atoms with Crippen molar-refractivity contribution in [1.82, 2.24) is 19.8 Å². The lowest BCUT2D eigenvalue weighted by molar-refractivity contribution is -0.168. The summed E-state index contributed by atoms with van der Waals surface area (Å²) in [6.07, 6.45) is 2.37. The maximum absolute atomic E-state index is 15.0. The summed E-state index contributed by atoms with van der Waals surface area (Å²) < 4.78 is 52.1. The van der Waals surface area contributed by atoms with Crippen molar-refractivity contribution in [2.75, 3.05) is 71.4 Å². The second-order valence-corrected chi connectivity index (χ2v) is 14.4. The van der Waals surface area contributed by atoms with E-state index in [9.17, 15) is 18.0 Å². The van der Waals surface area contributed by atoms with Crippen LogP contribution in [0.5, 0.6) is 17.4 Å². The van der Waals surface area contributed by atoms with Crippen molar-refractivity contribution < 1.29 is 41.8 Å². The molecule has 2 fully saturated rings. The predicted octanol–water partition coefficient (Wildman–Crippen LogP) is 3.91. The number of carbonyl (C=O) groups is 2. The van der Waals surface area contributed by atoms with Gasteiger partial charge >= 0.3 is 6.16 Å². The summed E-state index contributed by atoms with van der Waals surface area (Å²) in [7, 11) is 0.126. The molecule has 0 bridgehead atoms. The van der Waals surface area contributed by atoms with Gasteiger partial charge in [0, 0.05) is 55.1 Å². The molecule has 0 aliphatic carbocycles. The molecule has 0 radical (unpaired) electrons. The number of pyridine rings is 1. The predicted molar refractivity (Wildman–Crippen MR) is 183 cm³/mol. The maximum Gasteiger partial charge on any atom is 0.529 e. The number of likely N-dealkylation sites (tertiary alicyclic amines) is 1. The molecule has 2 aromatic carbocycles. The summed E-state index contributed by atoms with van der Waals surface area (Å²) in [5.41, 5.74) is -2.57. The first kappa shape index (κ1) is 35.7. The SMILES string of the molecule is CCOc1ncccc1C1(OC(=O)ON2CCN(C3CCN(C)CC3)CC2)C(=O)N(S(=O)(=O)c2ccc(OC)cc2OC)c2ccc(Cl)cc21. The highest BCUT2D eigenvalue weighted by Gasteiger charge is 2.61. The van der Waals surface area contributed by atoms with Crippen molar-refractivity contribution in [3.8, 4) is 17.4 Å². The number of aromatic nitrogens is 1. The number of hydroxylamine groups is 2. The number of halogens is 1. The van der Waals surface area contributed by atoms with E-state index in [1.807, 2.05) is 0 Å². The third kappa shape index (κ3) is 6.55. The van der Waals surface area contributed by atoms with Crippen LogP contribution in [-0.4, -0.2) is 114 Å². The van der Waals surface area contributed by atoms with Gasteiger partial charge in [-0.05, 0) is 82.4 Å². The smallest absolute Gasteiger partial charge is 0.497 e. The molecule has 1 unspecified atom stereocenters. The fourth-order valence-electron chi connectivity index (χ4n) is 6.75. The molecule has 1 atom stereocenters. The molecule has 3 aliphatic rings. The normalized spacial score (nSPS) is 20.7. The van der Waals surface area contributed by atoms with Crippen molar-refractivity contribution in [3.05, 3.63) is 70.9 Å². The van der Waals surface area contributed by atoms with Gasteiger partial charge in [-0.3, -0.25) is 9.69 Å². The highest BCUT2D eigenvalue weighted by atomic mass is 35.5. The number of piperidine rings is 1. The zero-order chi connectivity index (χ0) is 35.6. The van der Waals surface area contributed by atoms with E-state index in [2.05, 4.69) is 21.8 Å². The van der Waals surface area contributed by atoms with Gasteiger partial charge in [-0.2, -0.15) is 4.31 Å². The van der Waals surface area contributed by atoms with Gasteiger partial charge in [0.15, 0.2) is 0 Å².